The summed E-state index contributed by atoms with van der Waals surface area (Å²) in [6.45, 7) is 6.18. The molecule has 1 rings (SSSR count). The number of hydrogen-bond acceptors (Lipinski definition) is 3. The number of hydrogen-bond donors (Lipinski definition) is 0. The van der Waals surface area contributed by atoms with Crippen LogP contribution in [0.4, 0.5) is 4.79 Å². The second-order valence-electron chi connectivity index (χ2n) is 4.22. The predicted molar refractivity (Wildman–Crippen MR) is 52.6 cm³/mol. The van der Waals surface area contributed by atoms with Gasteiger partial charge in [-0.3, -0.25) is 4.90 Å². The van der Waals surface area contributed by atoms with Crippen LogP contribution < -0.4 is 0 Å². The fourth-order valence-electron chi connectivity index (χ4n) is 1.15. The largest absolute Gasteiger partial charge is 0.500 e. The smallest absolute Gasteiger partial charge is 0.414 e. The van der Waals surface area contributed by atoms with Crippen LogP contribution in [0.5, 0.6) is 0 Å². The maximum Gasteiger partial charge on any atom is 0.414 e. The van der Waals surface area contributed by atoms with Crippen molar-refractivity contribution >= 4 is 6.09 Å². The minimum absolute atomic E-state index is 0.315. The highest BCUT2D eigenvalue weighted by Crippen LogP contribution is 2.17. The fourth-order valence-corrected chi connectivity index (χ4v) is 1.15. The highest BCUT2D eigenvalue weighted by molar-refractivity contribution is 5.70. The van der Waals surface area contributed by atoms with Gasteiger partial charge in [0.1, 0.15) is 11.4 Å². The molecule has 0 N–H and O–H groups in total. The molecule has 0 aliphatic carbocycles. The third kappa shape index (κ3) is 2.94. The zero-order chi connectivity index (χ0) is 10.8. The van der Waals surface area contributed by atoms with E-state index in [1.165, 1.54) is 4.90 Å². The van der Waals surface area contributed by atoms with E-state index in [1.807, 2.05) is 20.8 Å². The Morgan fingerprint density at radius 2 is 2.14 bits per heavy atom. The van der Waals surface area contributed by atoms with Gasteiger partial charge < -0.3 is 9.47 Å². The van der Waals surface area contributed by atoms with Crippen molar-refractivity contribution in [3.05, 3.63) is 12.0 Å². The molecule has 0 radical (unpaired) electrons. The predicted octanol–water partition coefficient (Wildman–Crippen LogP) is 2.12. The van der Waals surface area contributed by atoms with E-state index < -0.39 is 5.60 Å². The van der Waals surface area contributed by atoms with Crippen LogP contribution in [-0.4, -0.2) is 30.2 Å². The number of ether oxygens (including phenoxy) is 2. The van der Waals surface area contributed by atoms with E-state index in [0.29, 0.717) is 6.54 Å². The summed E-state index contributed by atoms with van der Waals surface area (Å²) in [5, 5.41) is 0. The minimum Gasteiger partial charge on any atom is -0.500 e. The van der Waals surface area contributed by atoms with E-state index in [2.05, 4.69) is 0 Å². The molecule has 0 atom stereocenters. The molecule has 1 amide bonds. The molecule has 0 saturated heterocycles. The monoisotopic (exact) mass is 199 g/mol. The van der Waals surface area contributed by atoms with Gasteiger partial charge >= 0.3 is 6.09 Å². The molecule has 1 aliphatic rings. The number of carbonyl (C=O) groups excluding carboxylic acids is 1. The van der Waals surface area contributed by atoms with Crippen LogP contribution in [0, 0.1) is 0 Å². The van der Waals surface area contributed by atoms with E-state index in [0.717, 1.165) is 12.2 Å². The maximum absolute atomic E-state index is 11.5. The molecule has 0 fully saturated rings. The number of amides is 1. The van der Waals surface area contributed by atoms with E-state index in [-0.39, 0.29) is 6.09 Å². The molecule has 4 nitrogen and oxygen atoms in total. The first-order chi connectivity index (χ1) is 6.42. The van der Waals surface area contributed by atoms with Gasteiger partial charge in [-0.1, -0.05) is 0 Å². The van der Waals surface area contributed by atoms with Crippen LogP contribution in [0.25, 0.3) is 0 Å². The fraction of sp³-hybridized carbons (Fsp3) is 0.700. The number of carbonyl (C=O) groups is 1. The van der Waals surface area contributed by atoms with E-state index >= 15 is 0 Å². The van der Waals surface area contributed by atoms with E-state index in [1.54, 1.807) is 13.3 Å². The molecule has 80 valence electrons. The third-order valence-corrected chi connectivity index (χ3v) is 1.79. The number of methoxy groups -OCH3 is 1. The first-order valence-electron chi connectivity index (χ1n) is 4.67. The highest BCUT2D eigenvalue weighted by atomic mass is 16.6. The van der Waals surface area contributed by atoms with Gasteiger partial charge in [0.25, 0.3) is 0 Å². The van der Waals surface area contributed by atoms with Crippen molar-refractivity contribution in [2.75, 3.05) is 13.7 Å². The molecule has 1 heterocycles. The average molecular weight is 199 g/mol. The van der Waals surface area contributed by atoms with Crippen molar-refractivity contribution in [1.82, 2.24) is 4.90 Å². The molecule has 0 aromatic carbocycles. The second-order valence-corrected chi connectivity index (χ2v) is 4.22. The van der Waals surface area contributed by atoms with Crippen molar-refractivity contribution in [2.45, 2.75) is 32.8 Å². The van der Waals surface area contributed by atoms with Gasteiger partial charge in [-0.15, -0.1) is 0 Å². The van der Waals surface area contributed by atoms with E-state index in [4.69, 9.17) is 9.47 Å². The molecular formula is C10H17NO3. The lowest BCUT2D eigenvalue weighted by molar-refractivity contribution is 0.0349. The van der Waals surface area contributed by atoms with Crippen LogP contribution in [0.15, 0.2) is 12.0 Å². The van der Waals surface area contributed by atoms with Gasteiger partial charge in [-0.25, -0.2) is 4.79 Å². The van der Waals surface area contributed by atoms with Crippen molar-refractivity contribution in [3.63, 3.8) is 0 Å². The van der Waals surface area contributed by atoms with Gasteiger partial charge in [0.2, 0.25) is 0 Å². The van der Waals surface area contributed by atoms with Gasteiger partial charge in [-0.2, -0.15) is 0 Å². The molecule has 0 bridgehead atoms. The molecular weight excluding hydrogens is 182 g/mol. The maximum atomic E-state index is 11.5. The van der Waals surface area contributed by atoms with Gasteiger partial charge in [-0.05, 0) is 20.8 Å². The summed E-state index contributed by atoms with van der Waals surface area (Å²) < 4.78 is 10.2. The summed E-state index contributed by atoms with van der Waals surface area (Å²) in [5.74, 6) is 0.816. The van der Waals surface area contributed by atoms with E-state index in [9.17, 15) is 4.79 Å². The van der Waals surface area contributed by atoms with Crippen LogP contribution >= 0.6 is 0 Å². The van der Waals surface area contributed by atoms with Crippen LogP contribution in [-0.2, 0) is 9.47 Å². The van der Waals surface area contributed by atoms with Crippen molar-refractivity contribution in [1.29, 1.82) is 0 Å². The molecule has 4 heteroatoms. The lowest BCUT2D eigenvalue weighted by atomic mass is 10.2. The zero-order valence-electron chi connectivity index (χ0n) is 9.16. The Balaban J connectivity index is 2.52. The van der Waals surface area contributed by atoms with Crippen LogP contribution in [0.2, 0.25) is 0 Å². The summed E-state index contributed by atoms with van der Waals surface area (Å²) in [6.07, 6.45) is 2.13. The molecule has 14 heavy (non-hydrogen) atoms. The third-order valence-electron chi connectivity index (χ3n) is 1.79. The number of nitrogens with zero attached hydrogens (tertiary/aromatic N) is 1. The first-order valence-corrected chi connectivity index (χ1v) is 4.67. The number of rotatable bonds is 1. The molecule has 0 aromatic heterocycles. The summed E-state index contributed by atoms with van der Waals surface area (Å²) in [4.78, 5) is 13.1. The molecule has 0 spiro atoms. The Morgan fingerprint density at radius 1 is 1.50 bits per heavy atom. The summed E-state index contributed by atoms with van der Waals surface area (Å²) in [5.41, 5.74) is -0.444. The standard InChI is InChI=1S/C10H17NO3/c1-10(2,3)14-9(12)11-6-5-8(7-11)13-4/h7H,5-6H2,1-4H3. The van der Waals surface area contributed by atoms with Crippen LogP contribution in [0.1, 0.15) is 27.2 Å². The minimum atomic E-state index is -0.444. The van der Waals surface area contributed by atoms with Crippen molar-refractivity contribution in [2.24, 2.45) is 0 Å². The zero-order valence-corrected chi connectivity index (χ0v) is 9.16. The van der Waals surface area contributed by atoms with Gasteiger partial charge in [0.15, 0.2) is 0 Å². The average Bonchev–Trinajstić information content (AvgIpc) is 2.48. The Kier molecular flexibility index (Phi) is 3.03. The summed E-state index contributed by atoms with van der Waals surface area (Å²) >= 11 is 0. The normalized spacial score (nSPS) is 16.6. The lowest BCUT2D eigenvalue weighted by Crippen LogP contribution is -2.32. The lowest BCUT2D eigenvalue weighted by Gasteiger charge is -2.22. The molecule has 0 saturated carbocycles. The van der Waals surface area contributed by atoms with Crippen molar-refractivity contribution in [3.8, 4) is 0 Å². The first kappa shape index (κ1) is 10.9. The molecule has 0 aromatic rings. The van der Waals surface area contributed by atoms with Gasteiger partial charge in [0.05, 0.1) is 7.11 Å². The Morgan fingerprint density at radius 3 is 2.57 bits per heavy atom. The highest BCUT2D eigenvalue weighted by Gasteiger charge is 2.24. The Hall–Kier alpha value is -1.19. The second kappa shape index (κ2) is 3.90. The quantitative estimate of drug-likeness (QED) is 0.649. The topological polar surface area (TPSA) is 38.8 Å². The molecule has 1 aliphatic heterocycles. The summed E-state index contributed by atoms with van der Waals surface area (Å²) in [7, 11) is 1.60. The molecule has 0 unspecified atom stereocenters. The van der Waals surface area contributed by atoms with Crippen molar-refractivity contribution < 1.29 is 14.3 Å². The van der Waals surface area contributed by atoms with Crippen LogP contribution in [0.3, 0.4) is 0 Å². The summed E-state index contributed by atoms with van der Waals surface area (Å²) in [6, 6.07) is 0. The van der Waals surface area contributed by atoms with Gasteiger partial charge in [0, 0.05) is 19.2 Å². The SMILES string of the molecule is COC1=CN(C(=O)OC(C)(C)C)CC1. The Bertz CT molecular complexity index is 253. The Labute approximate surface area is 84.5 Å².